The van der Waals surface area contributed by atoms with E-state index in [-0.39, 0.29) is 5.75 Å². The predicted octanol–water partition coefficient (Wildman–Crippen LogP) is 0.124. The van der Waals surface area contributed by atoms with Gasteiger partial charge in [0.1, 0.15) is 9.84 Å². The molecule has 0 amide bonds. The van der Waals surface area contributed by atoms with Gasteiger partial charge in [-0.05, 0) is 33.9 Å². The summed E-state index contributed by atoms with van der Waals surface area (Å²) in [4.78, 5) is 1.94. The normalized spacial score (nSPS) is 13.6. The molecule has 0 aliphatic heterocycles. The summed E-state index contributed by atoms with van der Waals surface area (Å²) >= 11 is 0. The Balaban J connectivity index is 3.71. The molecule has 5 heteroatoms. The van der Waals surface area contributed by atoms with E-state index in [4.69, 9.17) is 0 Å². The first kappa shape index (κ1) is 13.9. The maximum atomic E-state index is 10.8. The zero-order valence-electron chi connectivity index (χ0n) is 9.45. The fourth-order valence-electron chi connectivity index (χ4n) is 1.34. The van der Waals surface area contributed by atoms with Crippen LogP contribution in [0.4, 0.5) is 0 Å². The van der Waals surface area contributed by atoms with Crippen molar-refractivity contribution in [3.8, 4) is 0 Å². The molecule has 86 valence electrons. The van der Waals surface area contributed by atoms with Gasteiger partial charge in [0.2, 0.25) is 0 Å². The van der Waals surface area contributed by atoms with E-state index < -0.39 is 15.4 Å². The molecule has 0 atom stereocenters. The summed E-state index contributed by atoms with van der Waals surface area (Å²) in [5.74, 6) is 0.212. The lowest BCUT2D eigenvalue weighted by molar-refractivity contribution is 0.0448. The van der Waals surface area contributed by atoms with E-state index in [9.17, 15) is 13.5 Å². The third-order valence-electron chi connectivity index (χ3n) is 1.71. The van der Waals surface area contributed by atoms with Crippen molar-refractivity contribution in [2.24, 2.45) is 0 Å². The Morgan fingerprint density at radius 3 is 2.21 bits per heavy atom. The van der Waals surface area contributed by atoms with Crippen molar-refractivity contribution >= 4 is 9.84 Å². The van der Waals surface area contributed by atoms with Gasteiger partial charge in [0.25, 0.3) is 0 Å². The molecule has 14 heavy (non-hydrogen) atoms. The van der Waals surface area contributed by atoms with Crippen LogP contribution in [0.25, 0.3) is 0 Å². The number of aliphatic hydroxyl groups is 1. The minimum Gasteiger partial charge on any atom is -0.389 e. The summed E-state index contributed by atoms with van der Waals surface area (Å²) in [5.41, 5.74) is -0.722. The van der Waals surface area contributed by atoms with Gasteiger partial charge in [0.15, 0.2) is 0 Å². The topological polar surface area (TPSA) is 57.6 Å². The highest BCUT2D eigenvalue weighted by Crippen LogP contribution is 2.03. The van der Waals surface area contributed by atoms with E-state index in [0.717, 1.165) is 0 Å². The maximum Gasteiger partial charge on any atom is 0.147 e. The minimum atomic E-state index is -2.85. The van der Waals surface area contributed by atoms with Crippen molar-refractivity contribution in [2.45, 2.75) is 25.9 Å². The smallest absolute Gasteiger partial charge is 0.147 e. The zero-order chi connectivity index (χ0) is 11.4. The van der Waals surface area contributed by atoms with Gasteiger partial charge >= 0.3 is 0 Å². The molecule has 0 rings (SSSR count). The number of nitrogens with zero attached hydrogens (tertiary/aromatic N) is 1. The van der Waals surface area contributed by atoms with Crippen molar-refractivity contribution in [3.05, 3.63) is 0 Å². The lowest BCUT2D eigenvalue weighted by atomic mass is 10.1. The molecular weight excluding hydrogens is 202 g/mol. The van der Waals surface area contributed by atoms with Crippen molar-refractivity contribution in [3.63, 3.8) is 0 Å². The highest BCUT2D eigenvalue weighted by Gasteiger charge is 2.15. The Morgan fingerprint density at radius 2 is 1.86 bits per heavy atom. The lowest BCUT2D eigenvalue weighted by Gasteiger charge is -2.25. The van der Waals surface area contributed by atoms with Crippen LogP contribution >= 0.6 is 0 Å². The highest BCUT2D eigenvalue weighted by atomic mass is 32.2. The molecule has 4 nitrogen and oxygen atoms in total. The fourth-order valence-corrected chi connectivity index (χ4v) is 1.99. The average Bonchev–Trinajstić information content (AvgIpc) is 1.78. The quantitative estimate of drug-likeness (QED) is 0.695. The molecule has 0 aromatic carbocycles. The van der Waals surface area contributed by atoms with E-state index >= 15 is 0 Å². The van der Waals surface area contributed by atoms with Gasteiger partial charge in [-0.25, -0.2) is 8.42 Å². The molecule has 0 saturated carbocycles. The van der Waals surface area contributed by atoms with Crippen LogP contribution in [0.5, 0.6) is 0 Å². The second kappa shape index (κ2) is 5.09. The molecule has 0 aliphatic carbocycles. The second-order valence-electron chi connectivity index (χ2n) is 4.53. The molecule has 0 fully saturated rings. The van der Waals surface area contributed by atoms with Gasteiger partial charge in [0, 0.05) is 12.8 Å². The number of rotatable bonds is 6. The highest BCUT2D eigenvalue weighted by molar-refractivity contribution is 7.90. The number of hydrogen-bond donors (Lipinski definition) is 1. The molecule has 0 aromatic rings. The fraction of sp³-hybridized carbons (Fsp3) is 1.00. The molecule has 1 N–H and O–H groups in total. The van der Waals surface area contributed by atoms with Crippen molar-refractivity contribution in [1.29, 1.82) is 0 Å². The van der Waals surface area contributed by atoms with Crippen LogP contribution in [0.15, 0.2) is 0 Å². The monoisotopic (exact) mass is 223 g/mol. The van der Waals surface area contributed by atoms with Crippen LogP contribution in [0.1, 0.15) is 20.3 Å². The first-order chi connectivity index (χ1) is 6.10. The van der Waals surface area contributed by atoms with Crippen LogP contribution in [0.3, 0.4) is 0 Å². The third-order valence-corrected chi connectivity index (χ3v) is 2.74. The summed E-state index contributed by atoms with van der Waals surface area (Å²) in [5, 5.41) is 9.49. The predicted molar refractivity (Wildman–Crippen MR) is 58.1 cm³/mol. The van der Waals surface area contributed by atoms with E-state index in [1.165, 1.54) is 6.26 Å². The summed E-state index contributed by atoms with van der Waals surface area (Å²) in [6.07, 6.45) is 1.86. The Kier molecular flexibility index (Phi) is 5.05. The molecule has 0 bridgehead atoms. The van der Waals surface area contributed by atoms with E-state index in [1.807, 2.05) is 11.9 Å². The number of likely N-dealkylation sites (N-methyl/N-ethyl adjacent to an activating group) is 1. The largest absolute Gasteiger partial charge is 0.389 e. The third kappa shape index (κ3) is 9.95. The second-order valence-corrected chi connectivity index (χ2v) is 6.79. The molecule has 0 aromatic heterocycles. The van der Waals surface area contributed by atoms with Gasteiger partial charge < -0.3 is 10.0 Å². The molecule has 0 saturated heterocycles. The summed E-state index contributed by atoms with van der Waals surface area (Å²) in [6.45, 7) is 4.72. The Morgan fingerprint density at radius 1 is 1.36 bits per heavy atom. The van der Waals surface area contributed by atoms with Crippen molar-refractivity contribution in [2.75, 3.05) is 32.1 Å². The first-order valence-corrected chi connectivity index (χ1v) is 6.75. The van der Waals surface area contributed by atoms with Crippen LogP contribution in [-0.4, -0.2) is 56.2 Å². The van der Waals surface area contributed by atoms with E-state index in [0.29, 0.717) is 19.5 Å². The van der Waals surface area contributed by atoms with Gasteiger partial charge in [0.05, 0.1) is 11.4 Å². The van der Waals surface area contributed by atoms with Crippen LogP contribution in [-0.2, 0) is 9.84 Å². The average molecular weight is 223 g/mol. The SMILES string of the molecule is CN(CCCS(C)(=O)=O)CC(C)(C)O. The minimum absolute atomic E-state index is 0.212. The van der Waals surface area contributed by atoms with Crippen LogP contribution in [0, 0.1) is 0 Å². The molecule has 0 radical (unpaired) electrons. The summed E-state index contributed by atoms with van der Waals surface area (Å²) < 4.78 is 21.7. The van der Waals surface area contributed by atoms with Crippen LogP contribution in [0.2, 0.25) is 0 Å². The lowest BCUT2D eigenvalue weighted by Crippen LogP contribution is -2.37. The van der Waals surface area contributed by atoms with Crippen molar-refractivity contribution in [1.82, 2.24) is 4.90 Å². The van der Waals surface area contributed by atoms with Gasteiger partial charge in [-0.3, -0.25) is 0 Å². The Bertz CT molecular complexity index is 254. The molecule has 0 unspecified atom stereocenters. The van der Waals surface area contributed by atoms with Crippen LogP contribution < -0.4 is 0 Å². The Hall–Kier alpha value is -0.130. The van der Waals surface area contributed by atoms with Gasteiger partial charge in [-0.2, -0.15) is 0 Å². The molecule has 0 aliphatic rings. The molecular formula is C9H21NO3S. The number of sulfone groups is 1. The maximum absolute atomic E-state index is 10.8. The zero-order valence-corrected chi connectivity index (χ0v) is 10.3. The van der Waals surface area contributed by atoms with E-state index in [1.54, 1.807) is 13.8 Å². The molecule has 0 heterocycles. The molecule has 0 spiro atoms. The standard InChI is InChI=1S/C9H21NO3S/c1-9(2,11)8-10(3)6-5-7-14(4,12)13/h11H,5-8H2,1-4H3. The van der Waals surface area contributed by atoms with Crippen molar-refractivity contribution < 1.29 is 13.5 Å². The van der Waals surface area contributed by atoms with Gasteiger partial charge in [-0.15, -0.1) is 0 Å². The number of hydrogen-bond acceptors (Lipinski definition) is 4. The summed E-state index contributed by atoms with van der Waals surface area (Å²) in [7, 11) is -0.977. The summed E-state index contributed by atoms with van der Waals surface area (Å²) in [6, 6.07) is 0. The van der Waals surface area contributed by atoms with Gasteiger partial charge in [-0.1, -0.05) is 0 Å². The first-order valence-electron chi connectivity index (χ1n) is 4.69. The van der Waals surface area contributed by atoms with E-state index in [2.05, 4.69) is 0 Å². The Labute approximate surface area is 86.8 Å².